The van der Waals surface area contributed by atoms with Crippen molar-refractivity contribution in [3.63, 3.8) is 0 Å². The molecule has 1 aliphatic rings. The van der Waals surface area contributed by atoms with Crippen LogP contribution in [0.4, 0.5) is 0 Å². The molecule has 1 atom stereocenters. The molecular weight excluding hydrogens is 244 g/mol. The number of fused-ring (bicyclic) bond motifs is 1. The highest BCUT2D eigenvalue weighted by Gasteiger charge is 2.31. The summed E-state index contributed by atoms with van der Waals surface area (Å²) in [6.07, 6.45) is 4.87. The first-order valence-corrected chi connectivity index (χ1v) is 6.88. The number of rotatable bonds is 3. The summed E-state index contributed by atoms with van der Waals surface area (Å²) in [7, 11) is 0. The molecular formula is C19H18O. The van der Waals surface area contributed by atoms with E-state index in [2.05, 4.69) is 49.9 Å². The van der Waals surface area contributed by atoms with Gasteiger partial charge in [-0.2, -0.15) is 0 Å². The minimum Gasteiger partial charge on any atom is -0.478 e. The zero-order chi connectivity index (χ0) is 14.0. The zero-order valence-corrected chi connectivity index (χ0v) is 11.7. The van der Waals surface area contributed by atoms with E-state index in [1.54, 1.807) is 0 Å². The zero-order valence-electron chi connectivity index (χ0n) is 11.7. The van der Waals surface area contributed by atoms with E-state index in [1.807, 2.05) is 30.3 Å². The third-order valence-corrected chi connectivity index (χ3v) is 3.74. The van der Waals surface area contributed by atoms with Crippen LogP contribution in [0.3, 0.4) is 0 Å². The first-order valence-electron chi connectivity index (χ1n) is 6.88. The molecule has 0 spiro atoms. The first-order chi connectivity index (χ1) is 9.72. The van der Waals surface area contributed by atoms with Gasteiger partial charge in [0, 0.05) is 12.0 Å². The number of allylic oxidation sites excluding steroid dienone is 1. The second-order valence-corrected chi connectivity index (χ2v) is 5.25. The lowest BCUT2D eigenvalue weighted by Gasteiger charge is -2.34. The van der Waals surface area contributed by atoms with Crippen molar-refractivity contribution in [2.75, 3.05) is 0 Å². The smallest absolute Gasteiger partial charge is 0.150 e. The van der Waals surface area contributed by atoms with Crippen molar-refractivity contribution in [3.05, 3.63) is 84.5 Å². The fraction of sp³-hybridized carbons (Fsp3) is 0.158. The summed E-state index contributed by atoms with van der Waals surface area (Å²) in [6, 6.07) is 18.6. The van der Waals surface area contributed by atoms with Gasteiger partial charge in [-0.05, 0) is 36.3 Å². The molecule has 0 N–H and O–H groups in total. The summed E-state index contributed by atoms with van der Waals surface area (Å²) in [5.74, 6) is 0.934. The van der Waals surface area contributed by atoms with Crippen molar-refractivity contribution in [3.8, 4) is 5.75 Å². The van der Waals surface area contributed by atoms with Crippen LogP contribution in [-0.4, -0.2) is 5.60 Å². The largest absolute Gasteiger partial charge is 0.478 e. The van der Waals surface area contributed by atoms with Gasteiger partial charge >= 0.3 is 0 Å². The molecule has 2 aromatic rings. The maximum atomic E-state index is 6.25. The number of hydrogen-bond acceptors (Lipinski definition) is 1. The van der Waals surface area contributed by atoms with Gasteiger partial charge in [0.05, 0.1) is 0 Å². The van der Waals surface area contributed by atoms with Crippen LogP contribution in [0.25, 0.3) is 5.57 Å². The molecule has 0 radical (unpaired) electrons. The third kappa shape index (κ3) is 2.27. The predicted octanol–water partition coefficient (Wildman–Crippen LogP) is 4.65. The van der Waals surface area contributed by atoms with E-state index < -0.39 is 5.60 Å². The summed E-state index contributed by atoms with van der Waals surface area (Å²) in [6.45, 7) is 6.12. The molecule has 100 valence electrons. The molecule has 0 fully saturated rings. The second-order valence-electron chi connectivity index (χ2n) is 5.25. The molecule has 3 rings (SSSR count). The topological polar surface area (TPSA) is 9.23 Å². The van der Waals surface area contributed by atoms with Crippen LogP contribution in [0.1, 0.15) is 18.1 Å². The van der Waals surface area contributed by atoms with Gasteiger partial charge in [-0.3, -0.25) is 0 Å². The van der Waals surface area contributed by atoms with E-state index in [4.69, 9.17) is 4.74 Å². The molecule has 1 heteroatoms. The Labute approximate surface area is 120 Å². The molecule has 1 aliphatic heterocycles. The lowest BCUT2D eigenvalue weighted by molar-refractivity contribution is 0.168. The Balaban J connectivity index is 2.00. The van der Waals surface area contributed by atoms with Crippen molar-refractivity contribution >= 4 is 5.57 Å². The lowest BCUT2D eigenvalue weighted by atomic mass is 9.88. The molecule has 20 heavy (non-hydrogen) atoms. The van der Waals surface area contributed by atoms with Crippen LogP contribution in [0.2, 0.25) is 0 Å². The predicted molar refractivity (Wildman–Crippen MR) is 83.8 cm³/mol. The Kier molecular flexibility index (Phi) is 3.19. The van der Waals surface area contributed by atoms with Crippen molar-refractivity contribution in [2.24, 2.45) is 0 Å². The number of ether oxygens (including phenoxy) is 1. The van der Waals surface area contributed by atoms with Crippen LogP contribution in [-0.2, 0) is 6.42 Å². The number of benzene rings is 2. The molecule has 1 nitrogen and oxygen atoms in total. The molecule has 0 saturated heterocycles. The monoisotopic (exact) mass is 262 g/mol. The van der Waals surface area contributed by atoms with E-state index in [0.717, 1.165) is 17.7 Å². The van der Waals surface area contributed by atoms with E-state index in [1.165, 1.54) is 11.1 Å². The average molecular weight is 262 g/mol. The van der Waals surface area contributed by atoms with E-state index >= 15 is 0 Å². The highest BCUT2D eigenvalue weighted by Crippen LogP contribution is 2.37. The standard InChI is InChI=1S/C19H18O/c1-3-19(14-16-9-5-4-6-10-16)13-15(2)17-11-7-8-12-18(17)20-19/h3-13H,1,14H2,2H3/t19-/m0/s1. The average Bonchev–Trinajstić information content (AvgIpc) is 2.48. The Bertz CT molecular complexity index is 654. The summed E-state index contributed by atoms with van der Waals surface area (Å²) in [5.41, 5.74) is 3.19. The summed E-state index contributed by atoms with van der Waals surface area (Å²) in [5, 5.41) is 0. The lowest BCUT2D eigenvalue weighted by Crippen LogP contribution is -2.36. The summed E-state index contributed by atoms with van der Waals surface area (Å²) >= 11 is 0. The quantitative estimate of drug-likeness (QED) is 0.732. The number of para-hydroxylation sites is 1. The van der Waals surface area contributed by atoms with Gasteiger partial charge in [-0.1, -0.05) is 55.1 Å². The van der Waals surface area contributed by atoms with Crippen molar-refractivity contribution in [1.82, 2.24) is 0 Å². The van der Waals surface area contributed by atoms with Crippen LogP contribution in [0.15, 0.2) is 73.3 Å². The van der Waals surface area contributed by atoms with Crippen molar-refractivity contribution in [2.45, 2.75) is 18.9 Å². The van der Waals surface area contributed by atoms with Gasteiger partial charge < -0.3 is 4.74 Å². The molecule has 0 aliphatic carbocycles. The molecule has 2 aromatic carbocycles. The van der Waals surface area contributed by atoms with Crippen LogP contribution in [0, 0.1) is 0 Å². The van der Waals surface area contributed by atoms with Gasteiger partial charge in [-0.15, -0.1) is 0 Å². The second kappa shape index (κ2) is 5.01. The van der Waals surface area contributed by atoms with Gasteiger partial charge in [-0.25, -0.2) is 0 Å². The van der Waals surface area contributed by atoms with Gasteiger partial charge in [0.25, 0.3) is 0 Å². The van der Waals surface area contributed by atoms with Crippen molar-refractivity contribution in [1.29, 1.82) is 0 Å². The molecule has 0 unspecified atom stereocenters. The van der Waals surface area contributed by atoms with Crippen LogP contribution < -0.4 is 4.74 Å². The van der Waals surface area contributed by atoms with E-state index in [9.17, 15) is 0 Å². The third-order valence-electron chi connectivity index (χ3n) is 3.74. The fourth-order valence-electron chi connectivity index (χ4n) is 2.73. The van der Waals surface area contributed by atoms with Crippen LogP contribution in [0.5, 0.6) is 5.75 Å². The summed E-state index contributed by atoms with van der Waals surface area (Å²) in [4.78, 5) is 0. The fourth-order valence-corrected chi connectivity index (χ4v) is 2.73. The Morgan fingerprint density at radius 1 is 1.05 bits per heavy atom. The van der Waals surface area contributed by atoms with Crippen molar-refractivity contribution < 1.29 is 4.74 Å². The molecule has 0 saturated carbocycles. The highest BCUT2D eigenvalue weighted by atomic mass is 16.5. The van der Waals surface area contributed by atoms with Gasteiger partial charge in [0.2, 0.25) is 0 Å². The maximum Gasteiger partial charge on any atom is 0.150 e. The van der Waals surface area contributed by atoms with Crippen LogP contribution >= 0.6 is 0 Å². The summed E-state index contributed by atoms with van der Waals surface area (Å²) < 4.78 is 6.25. The van der Waals surface area contributed by atoms with E-state index in [-0.39, 0.29) is 0 Å². The first kappa shape index (κ1) is 12.7. The Hall–Kier alpha value is -2.28. The Morgan fingerprint density at radius 3 is 2.50 bits per heavy atom. The SMILES string of the molecule is C=C[C@@]1(Cc2ccccc2)C=C(C)c2ccccc2O1. The normalized spacial score (nSPS) is 20.6. The molecule has 0 bridgehead atoms. The highest BCUT2D eigenvalue weighted by molar-refractivity contribution is 5.72. The maximum absolute atomic E-state index is 6.25. The van der Waals surface area contributed by atoms with Gasteiger partial charge in [0.15, 0.2) is 0 Å². The molecule has 0 amide bonds. The van der Waals surface area contributed by atoms with Gasteiger partial charge in [0.1, 0.15) is 11.4 Å². The number of hydrogen-bond donors (Lipinski definition) is 0. The minimum atomic E-state index is -0.459. The van der Waals surface area contributed by atoms with E-state index in [0.29, 0.717) is 0 Å². The minimum absolute atomic E-state index is 0.459. The Morgan fingerprint density at radius 2 is 1.75 bits per heavy atom. The molecule has 1 heterocycles. The molecule has 0 aromatic heterocycles.